The van der Waals surface area contributed by atoms with Crippen molar-refractivity contribution in [2.75, 3.05) is 13.2 Å². The van der Waals surface area contributed by atoms with E-state index in [-0.39, 0.29) is 10.8 Å². The lowest BCUT2D eigenvalue weighted by Crippen LogP contribution is -2.16. The Morgan fingerprint density at radius 1 is 0.455 bits per heavy atom. The highest BCUT2D eigenvalue weighted by Crippen LogP contribution is 2.24. The van der Waals surface area contributed by atoms with Crippen LogP contribution in [0.5, 0.6) is 0 Å². The summed E-state index contributed by atoms with van der Waals surface area (Å²) < 4.78 is 0. The van der Waals surface area contributed by atoms with Crippen molar-refractivity contribution < 1.29 is 10.2 Å². The van der Waals surface area contributed by atoms with Crippen LogP contribution in [-0.2, 0) is 0 Å². The number of rotatable bonds is 15. The molecule has 0 saturated carbocycles. The quantitative estimate of drug-likeness (QED) is 0.380. The van der Waals surface area contributed by atoms with Crippen LogP contribution in [0.15, 0.2) is 0 Å². The van der Waals surface area contributed by atoms with E-state index < -0.39 is 0 Å². The van der Waals surface area contributed by atoms with Gasteiger partial charge >= 0.3 is 0 Å². The predicted octanol–water partition coefficient (Wildman–Crippen LogP) is 5.70. The molecule has 0 unspecified atom stereocenters. The van der Waals surface area contributed by atoms with E-state index in [9.17, 15) is 10.2 Å². The van der Waals surface area contributed by atoms with Gasteiger partial charge in [0.25, 0.3) is 0 Å². The molecule has 0 amide bonds. The highest BCUT2D eigenvalue weighted by atomic mass is 16.3. The molecule has 0 heterocycles. The lowest BCUT2D eigenvalue weighted by atomic mass is 9.87. The fourth-order valence-corrected chi connectivity index (χ4v) is 2.78. The maximum atomic E-state index is 9.20. The zero-order chi connectivity index (χ0) is 16.9. The van der Waals surface area contributed by atoms with Gasteiger partial charge in [0.1, 0.15) is 0 Å². The van der Waals surface area contributed by atoms with Crippen LogP contribution >= 0.6 is 0 Å². The number of aliphatic hydroxyl groups excluding tert-OH is 2. The van der Waals surface area contributed by atoms with Crippen molar-refractivity contribution in [3.05, 3.63) is 0 Å². The predicted molar refractivity (Wildman–Crippen MR) is 97.1 cm³/mol. The number of hydrogen-bond donors (Lipinski definition) is 2. The maximum Gasteiger partial charge on any atom is 0.0482 e. The fraction of sp³-hybridized carbons (Fsp3) is 1.00. The Balaban J connectivity index is 3.21. The van der Waals surface area contributed by atoms with Crippen LogP contribution in [0, 0.1) is 10.8 Å². The molecule has 2 nitrogen and oxygen atoms in total. The SMILES string of the molecule is CC(C)(CO)CCCCCCCCCCCCC(C)(C)CO. The number of unbranched alkanes of at least 4 members (excludes halogenated alkanes) is 9. The molecule has 0 aliphatic rings. The van der Waals surface area contributed by atoms with E-state index in [4.69, 9.17) is 0 Å². The molecule has 0 spiro atoms. The lowest BCUT2D eigenvalue weighted by molar-refractivity contribution is 0.147. The summed E-state index contributed by atoms with van der Waals surface area (Å²) in [4.78, 5) is 0. The third-order valence-electron chi connectivity index (χ3n) is 4.81. The van der Waals surface area contributed by atoms with Crippen LogP contribution in [0.3, 0.4) is 0 Å². The van der Waals surface area contributed by atoms with E-state index in [0.29, 0.717) is 13.2 Å². The third kappa shape index (κ3) is 13.6. The van der Waals surface area contributed by atoms with Gasteiger partial charge in [-0.15, -0.1) is 0 Å². The molecular weight excluding hydrogens is 272 g/mol. The highest BCUT2D eigenvalue weighted by Gasteiger charge is 2.15. The number of hydrogen-bond acceptors (Lipinski definition) is 2. The zero-order valence-electron chi connectivity index (χ0n) is 15.8. The van der Waals surface area contributed by atoms with Crippen LogP contribution in [0.1, 0.15) is 105 Å². The van der Waals surface area contributed by atoms with Crippen molar-refractivity contribution in [2.45, 2.75) is 105 Å². The fourth-order valence-electron chi connectivity index (χ4n) is 2.78. The average Bonchev–Trinajstić information content (AvgIpc) is 2.48. The smallest absolute Gasteiger partial charge is 0.0482 e. The molecule has 0 fully saturated rings. The minimum Gasteiger partial charge on any atom is -0.396 e. The molecule has 0 bridgehead atoms. The maximum absolute atomic E-state index is 9.20. The highest BCUT2D eigenvalue weighted by molar-refractivity contribution is 4.67. The summed E-state index contributed by atoms with van der Waals surface area (Å²) >= 11 is 0. The van der Waals surface area contributed by atoms with Gasteiger partial charge in [0.2, 0.25) is 0 Å². The van der Waals surface area contributed by atoms with Crippen LogP contribution in [0.2, 0.25) is 0 Å². The van der Waals surface area contributed by atoms with E-state index in [0.717, 1.165) is 12.8 Å². The first-order valence-electron chi connectivity index (χ1n) is 9.55. The second-order valence-electron chi connectivity index (χ2n) is 8.68. The van der Waals surface area contributed by atoms with Gasteiger partial charge < -0.3 is 10.2 Å². The Kier molecular flexibility index (Phi) is 12.3. The Morgan fingerprint density at radius 2 is 0.682 bits per heavy atom. The van der Waals surface area contributed by atoms with Gasteiger partial charge in [-0.3, -0.25) is 0 Å². The molecule has 0 aliphatic carbocycles. The summed E-state index contributed by atoms with van der Waals surface area (Å²) in [7, 11) is 0. The van der Waals surface area contributed by atoms with Crippen molar-refractivity contribution in [3.8, 4) is 0 Å². The molecule has 0 radical (unpaired) electrons. The Morgan fingerprint density at radius 3 is 0.909 bits per heavy atom. The normalized spacial score (nSPS) is 12.8. The van der Waals surface area contributed by atoms with E-state index in [1.807, 2.05) is 0 Å². The van der Waals surface area contributed by atoms with E-state index in [1.165, 1.54) is 64.2 Å². The van der Waals surface area contributed by atoms with Gasteiger partial charge in [-0.1, -0.05) is 91.9 Å². The van der Waals surface area contributed by atoms with Gasteiger partial charge in [-0.25, -0.2) is 0 Å². The molecule has 0 aliphatic heterocycles. The van der Waals surface area contributed by atoms with Gasteiger partial charge in [0.05, 0.1) is 0 Å². The summed E-state index contributed by atoms with van der Waals surface area (Å²) in [5.74, 6) is 0. The summed E-state index contributed by atoms with van der Waals surface area (Å²) in [6.07, 6.45) is 15.7. The monoisotopic (exact) mass is 314 g/mol. The van der Waals surface area contributed by atoms with Crippen molar-refractivity contribution in [3.63, 3.8) is 0 Å². The lowest BCUT2D eigenvalue weighted by Gasteiger charge is -2.21. The molecule has 2 N–H and O–H groups in total. The minimum absolute atomic E-state index is 0.116. The van der Waals surface area contributed by atoms with Crippen LogP contribution in [0.4, 0.5) is 0 Å². The minimum atomic E-state index is 0.116. The van der Waals surface area contributed by atoms with Crippen molar-refractivity contribution in [1.29, 1.82) is 0 Å². The second kappa shape index (κ2) is 12.4. The Labute approximate surface area is 139 Å². The Bertz CT molecular complexity index is 220. The van der Waals surface area contributed by atoms with Crippen molar-refractivity contribution in [1.82, 2.24) is 0 Å². The first-order valence-corrected chi connectivity index (χ1v) is 9.55. The molecule has 0 saturated heterocycles. The van der Waals surface area contributed by atoms with Gasteiger partial charge in [0.15, 0.2) is 0 Å². The number of aliphatic hydroxyl groups is 2. The van der Waals surface area contributed by atoms with Crippen molar-refractivity contribution in [2.24, 2.45) is 10.8 Å². The zero-order valence-corrected chi connectivity index (χ0v) is 15.8. The summed E-state index contributed by atoms with van der Waals surface area (Å²) in [6, 6.07) is 0. The van der Waals surface area contributed by atoms with Crippen molar-refractivity contribution >= 4 is 0 Å². The molecule has 2 heteroatoms. The first-order chi connectivity index (χ1) is 10.3. The topological polar surface area (TPSA) is 40.5 Å². The molecule has 134 valence electrons. The van der Waals surface area contributed by atoms with Gasteiger partial charge in [0, 0.05) is 13.2 Å². The second-order valence-corrected chi connectivity index (χ2v) is 8.68. The molecule has 0 aromatic rings. The van der Waals surface area contributed by atoms with Crippen LogP contribution < -0.4 is 0 Å². The molecule has 0 rings (SSSR count). The van der Waals surface area contributed by atoms with Crippen LogP contribution in [0.25, 0.3) is 0 Å². The molecule has 22 heavy (non-hydrogen) atoms. The largest absolute Gasteiger partial charge is 0.396 e. The van der Waals surface area contributed by atoms with E-state index in [2.05, 4.69) is 27.7 Å². The third-order valence-corrected chi connectivity index (χ3v) is 4.81. The summed E-state index contributed by atoms with van der Waals surface area (Å²) in [6.45, 7) is 9.21. The molecular formula is C20H42O2. The first kappa shape index (κ1) is 21.9. The Hall–Kier alpha value is -0.0800. The summed E-state index contributed by atoms with van der Waals surface area (Å²) in [5, 5.41) is 18.4. The molecule has 0 aromatic heterocycles. The van der Waals surface area contributed by atoms with E-state index in [1.54, 1.807) is 0 Å². The summed E-state index contributed by atoms with van der Waals surface area (Å²) in [5.41, 5.74) is 0.231. The average molecular weight is 315 g/mol. The van der Waals surface area contributed by atoms with E-state index >= 15 is 0 Å². The van der Waals surface area contributed by atoms with Gasteiger partial charge in [-0.05, 0) is 23.7 Å². The molecule has 0 atom stereocenters. The standard InChI is InChI=1S/C20H42O2/c1-19(2,17-21)15-13-11-9-7-5-6-8-10-12-14-16-20(3,4)18-22/h21-22H,5-18H2,1-4H3. The van der Waals surface area contributed by atoms with Crippen LogP contribution in [-0.4, -0.2) is 23.4 Å². The van der Waals surface area contributed by atoms with Gasteiger partial charge in [-0.2, -0.15) is 0 Å². The molecule has 0 aromatic carbocycles.